The van der Waals surface area contributed by atoms with Gasteiger partial charge in [0, 0.05) is 39.4 Å². The highest BCUT2D eigenvalue weighted by Gasteiger charge is 2.33. The molecule has 1 aliphatic carbocycles. The summed E-state index contributed by atoms with van der Waals surface area (Å²) in [6.07, 6.45) is 5.81. The van der Waals surface area contributed by atoms with Crippen LogP contribution in [0.25, 0.3) is 0 Å². The molecule has 0 aliphatic heterocycles. The van der Waals surface area contributed by atoms with Crippen LogP contribution in [0.2, 0.25) is 0 Å². The van der Waals surface area contributed by atoms with Crippen molar-refractivity contribution in [2.75, 3.05) is 33.9 Å². The fourth-order valence-corrected chi connectivity index (χ4v) is 3.82. The van der Waals surface area contributed by atoms with Gasteiger partial charge in [0.2, 0.25) is 0 Å². The molecule has 1 aliphatic rings. The van der Waals surface area contributed by atoms with E-state index < -0.39 is 6.61 Å². The van der Waals surface area contributed by atoms with Gasteiger partial charge >= 0.3 is 6.61 Å². The topological polar surface area (TPSA) is 64.1 Å². The minimum Gasteiger partial charge on any atom is -0.490 e. The molecule has 0 saturated heterocycles. The monoisotopic (exact) mass is 413 g/mol. The van der Waals surface area contributed by atoms with Crippen molar-refractivity contribution in [3.05, 3.63) is 23.8 Å². The molecular weight excluding hydrogens is 380 g/mol. The predicted molar refractivity (Wildman–Crippen MR) is 110 cm³/mol. The lowest BCUT2D eigenvalue weighted by Gasteiger charge is -2.30. The summed E-state index contributed by atoms with van der Waals surface area (Å²) in [6.45, 7) is 1.07. The molecular formula is C21H33F2N3O3. The fraction of sp³-hybridized carbons (Fsp3) is 0.667. The van der Waals surface area contributed by atoms with E-state index in [1.165, 1.54) is 25.7 Å². The van der Waals surface area contributed by atoms with Gasteiger partial charge in [-0.1, -0.05) is 25.0 Å². The van der Waals surface area contributed by atoms with Gasteiger partial charge in [-0.15, -0.1) is 0 Å². The van der Waals surface area contributed by atoms with Crippen molar-refractivity contribution in [3.63, 3.8) is 0 Å². The summed E-state index contributed by atoms with van der Waals surface area (Å²) in [5.41, 5.74) is 0.793. The lowest BCUT2D eigenvalue weighted by atomic mass is 9.83. The van der Waals surface area contributed by atoms with Crippen LogP contribution in [0.3, 0.4) is 0 Å². The predicted octanol–water partition coefficient (Wildman–Crippen LogP) is 3.95. The largest absolute Gasteiger partial charge is 0.490 e. The third-order valence-corrected chi connectivity index (χ3v) is 5.37. The molecule has 0 heterocycles. The number of nitrogens with one attached hydrogen (secondary N) is 2. The Kier molecular flexibility index (Phi) is 9.44. The van der Waals surface area contributed by atoms with Crippen molar-refractivity contribution >= 4 is 5.96 Å². The normalized spacial score (nSPS) is 16.1. The molecule has 6 nitrogen and oxygen atoms in total. The van der Waals surface area contributed by atoms with Crippen molar-refractivity contribution in [1.82, 2.24) is 10.6 Å². The lowest BCUT2D eigenvalue weighted by Crippen LogP contribution is -2.43. The van der Waals surface area contributed by atoms with Gasteiger partial charge in [-0.3, -0.25) is 4.99 Å². The van der Waals surface area contributed by atoms with Crippen LogP contribution in [0.4, 0.5) is 8.78 Å². The van der Waals surface area contributed by atoms with E-state index in [-0.39, 0.29) is 17.7 Å². The van der Waals surface area contributed by atoms with E-state index in [1.807, 2.05) is 0 Å². The smallest absolute Gasteiger partial charge is 0.387 e. The number of benzene rings is 1. The van der Waals surface area contributed by atoms with Gasteiger partial charge in [0.1, 0.15) is 0 Å². The minimum absolute atomic E-state index is 0.0552. The van der Waals surface area contributed by atoms with E-state index in [1.54, 1.807) is 39.3 Å². The molecule has 0 radical (unpaired) electrons. The standard InChI is InChI=1S/C21H33F2N3O3/c1-4-28-17-9-7-8-16(18(17)29-19(22)23)14-25-20(24-2)26-15-21(12-13-27-3)10-5-6-11-21/h7-9,19H,4-6,10-15H2,1-3H3,(H2,24,25,26). The third kappa shape index (κ3) is 7.03. The van der Waals surface area contributed by atoms with Crippen molar-refractivity contribution in [3.8, 4) is 11.5 Å². The number of methoxy groups -OCH3 is 1. The molecule has 8 heteroatoms. The Morgan fingerprint density at radius 3 is 2.62 bits per heavy atom. The maximum absolute atomic E-state index is 12.9. The molecule has 1 fully saturated rings. The highest BCUT2D eigenvalue weighted by atomic mass is 19.3. The summed E-state index contributed by atoms with van der Waals surface area (Å²) in [5, 5.41) is 6.59. The third-order valence-electron chi connectivity index (χ3n) is 5.37. The summed E-state index contributed by atoms with van der Waals surface area (Å²) < 4.78 is 41.2. The Morgan fingerprint density at radius 1 is 1.24 bits per heavy atom. The van der Waals surface area contributed by atoms with E-state index in [9.17, 15) is 8.78 Å². The lowest BCUT2D eigenvalue weighted by molar-refractivity contribution is -0.0520. The van der Waals surface area contributed by atoms with Crippen LogP contribution in [0.15, 0.2) is 23.2 Å². The van der Waals surface area contributed by atoms with E-state index in [0.717, 1.165) is 19.6 Å². The molecule has 0 spiro atoms. The zero-order valence-electron chi connectivity index (χ0n) is 17.6. The minimum atomic E-state index is -2.92. The van der Waals surface area contributed by atoms with Gasteiger partial charge in [0.25, 0.3) is 0 Å². The molecule has 0 aromatic heterocycles. The van der Waals surface area contributed by atoms with Crippen molar-refractivity contribution in [1.29, 1.82) is 0 Å². The van der Waals surface area contributed by atoms with E-state index in [4.69, 9.17) is 14.2 Å². The number of hydrogen-bond acceptors (Lipinski definition) is 4. The zero-order valence-corrected chi connectivity index (χ0v) is 17.6. The van der Waals surface area contributed by atoms with Crippen LogP contribution in [0.5, 0.6) is 11.5 Å². The van der Waals surface area contributed by atoms with Gasteiger partial charge in [-0.25, -0.2) is 0 Å². The van der Waals surface area contributed by atoms with Gasteiger partial charge in [0.15, 0.2) is 17.5 Å². The van der Waals surface area contributed by atoms with Gasteiger partial charge in [-0.05, 0) is 37.7 Å². The van der Waals surface area contributed by atoms with E-state index in [2.05, 4.69) is 15.6 Å². The van der Waals surface area contributed by atoms with Crippen LogP contribution in [-0.4, -0.2) is 46.5 Å². The first-order chi connectivity index (χ1) is 14.0. The maximum Gasteiger partial charge on any atom is 0.387 e. The molecule has 1 aromatic carbocycles. The number of ether oxygens (including phenoxy) is 3. The van der Waals surface area contributed by atoms with Crippen molar-refractivity contribution in [2.24, 2.45) is 10.4 Å². The van der Waals surface area contributed by atoms with Crippen LogP contribution >= 0.6 is 0 Å². The van der Waals surface area contributed by atoms with E-state index in [0.29, 0.717) is 23.9 Å². The highest BCUT2D eigenvalue weighted by molar-refractivity contribution is 5.79. The van der Waals surface area contributed by atoms with Crippen LogP contribution in [-0.2, 0) is 11.3 Å². The first-order valence-corrected chi connectivity index (χ1v) is 10.2. The summed E-state index contributed by atoms with van der Waals surface area (Å²) >= 11 is 0. The van der Waals surface area contributed by atoms with Crippen molar-refractivity contribution in [2.45, 2.75) is 52.2 Å². The van der Waals surface area contributed by atoms with Crippen molar-refractivity contribution < 1.29 is 23.0 Å². The van der Waals surface area contributed by atoms with Gasteiger partial charge in [0.05, 0.1) is 6.61 Å². The Labute approximate surface area is 172 Å². The fourth-order valence-electron chi connectivity index (χ4n) is 3.82. The quantitative estimate of drug-likeness (QED) is 0.425. The molecule has 1 saturated carbocycles. The number of halogens is 2. The second-order valence-corrected chi connectivity index (χ2v) is 7.29. The summed E-state index contributed by atoms with van der Waals surface area (Å²) in [6, 6.07) is 5.11. The van der Waals surface area contributed by atoms with Gasteiger partial charge in [-0.2, -0.15) is 8.78 Å². The molecule has 2 rings (SSSR count). The number of nitrogens with zero attached hydrogens (tertiary/aromatic N) is 1. The van der Waals surface area contributed by atoms with Crippen LogP contribution in [0, 0.1) is 5.41 Å². The SMILES string of the molecule is CCOc1cccc(CNC(=NC)NCC2(CCOC)CCCC2)c1OC(F)F. The highest BCUT2D eigenvalue weighted by Crippen LogP contribution is 2.40. The first kappa shape index (κ1) is 23.2. The Bertz CT molecular complexity index is 650. The average Bonchev–Trinajstić information content (AvgIpc) is 3.17. The number of hydrogen-bond donors (Lipinski definition) is 2. The molecule has 0 amide bonds. The second kappa shape index (κ2) is 11.8. The number of aliphatic imine (C=N–C) groups is 1. The zero-order chi connectivity index (χ0) is 21.1. The number of para-hydroxylation sites is 1. The molecule has 0 bridgehead atoms. The number of alkyl halides is 2. The van der Waals surface area contributed by atoms with Crippen LogP contribution < -0.4 is 20.1 Å². The van der Waals surface area contributed by atoms with Crippen LogP contribution in [0.1, 0.15) is 44.6 Å². The molecule has 29 heavy (non-hydrogen) atoms. The maximum atomic E-state index is 12.9. The Balaban J connectivity index is 2.00. The number of guanidine groups is 1. The number of rotatable bonds is 11. The molecule has 0 unspecified atom stereocenters. The summed E-state index contributed by atoms with van der Waals surface area (Å²) in [7, 11) is 3.42. The average molecular weight is 414 g/mol. The summed E-state index contributed by atoms with van der Waals surface area (Å²) in [5.74, 6) is 0.984. The molecule has 164 valence electrons. The molecule has 2 N–H and O–H groups in total. The van der Waals surface area contributed by atoms with Gasteiger partial charge < -0.3 is 24.8 Å². The Hall–Kier alpha value is -2.09. The molecule has 1 aromatic rings. The summed E-state index contributed by atoms with van der Waals surface area (Å²) in [4.78, 5) is 4.27. The second-order valence-electron chi connectivity index (χ2n) is 7.29. The first-order valence-electron chi connectivity index (χ1n) is 10.2. The Morgan fingerprint density at radius 2 is 2.00 bits per heavy atom. The molecule has 0 atom stereocenters. The van der Waals surface area contributed by atoms with E-state index >= 15 is 0 Å².